The number of nitrogens with one attached hydrogen (secondary N) is 1. The molecule has 118 valence electrons. The molecule has 2 N–H and O–H groups in total. The number of hydrogen-bond acceptors (Lipinski definition) is 2. The maximum absolute atomic E-state index is 9.72. The van der Waals surface area contributed by atoms with Crippen molar-refractivity contribution in [1.29, 1.82) is 0 Å². The first-order valence-electron chi connectivity index (χ1n) is 7.96. The van der Waals surface area contributed by atoms with Crippen molar-refractivity contribution in [2.45, 2.75) is 13.8 Å². The van der Waals surface area contributed by atoms with E-state index in [9.17, 15) is 5.11 Å². The molecule has 3 nitrogen and oxygen atoms in total. The Balaban J connectivity index is 1.92. The summed E-state index contributed by atoms with van der Waals surface area (Å²) < 4.78 is 0. The summed E-state index contributed by atoms with van der Waals surface area (Å²) in [6, 6.07) is 15.9. The second-order valence-corrected chi connectivity index (χ2v) is 6.19. The third-order valence-electron chi connectivity index (χ3n) is 4.39. The number of H-pyrrole nitrogens is 1. The number of aromatic nitrogens is 2. The summed E-state index contributed by atoms with van der Waals surface area (Å²) in [6.07, 6.45) is 3.85. The van der Waals surface area contributed by atoms with Crippen LogP contribution in [0.25, 0.3) is 33.3 Å². The van der Waals surface area contributed by atoms with Gasteiger partial charge in [0.25, 0.3) is 0 Å². The number of phenolic OH excluding ortho intramolecular Hbond substituents is 1. The van der Waals surface area contributed by atoms with Crippen LogP contribution in [0, 0.1) is 13.8 Å². The highest BCUT2D eigenvalue weighted by molar-refractivity contribution is 5.96. The molecule has 2 heterocycles. The fourth-order valence-electron chi connectivity index (χ4n) is 3.10. The van der Waals surface area contributed by atoms with E-state index in [0.29, 0.717) is 0 Å². The minimum absolute atomic E-state index is 0.261. The van der Waals surface area contributed by atoms with E-state index in [1.807, 2.05) is 24.5 Å². The summed E-state index contributed by atoms with van der Waals surface area (Å²) in [5.41, 5.74) is 7.67. The van der Waals surface area contributed by atoms with Crippen molar-refractivity contribution in [1.82, 2.24) is 9.97 Å². The highest BCUT2D eigenvalue weighted by Gasteiger charge is 2.11. The second kappa shape index (κ2) is 5.53. The molecule has 0 atom stereocenters. The van der Waals surface area contributed by atoms with Gasteiger partial charge in [-0.2, -0.15) is 0 Å². The van der Waals surface area contributed by atoms with Crippen molar-refractivity contribution >= 4 is 11.0 Å². The van der Waals surface area contributed by atoms with Crippen LogP contribution in [0.2, 0.25) is 0 Å². The third-order valence-corrected chi connectivity index (χ3v) is 4.39. The number of aromatic hydroxyl groups is 1. The van der Waals surface area contributed by atoms with E-state index in [-0.39, 0.29) is 5.75 Å². The fraction of sp³-hybridized carbons (Fsp3) is 0.0952. The second-order valence-electron chi connectivity index (χ2n) is 6.19. The van der Waals surface area contributed by atoms with E-state index in [0.717, 1.165) is 27.7 Å². The van der Waals surface area contributed by atoms with Crippen LogP contribution < -0.4 is 0 Å². The zero-order valence-electron chi connectivity index (χ0n) is 13.7. The zero-order chi connectivity index (χ0) is 16.7. The van der Waals surface area contributed by atoms with Gasteiger partial charge in [0, 0.05) is 28.9 Å². The topological polar surface area (TPSA) is 48.9 Å². The maximum atomic E-state index is 9.72. The average Bonchev–Trinajstić information content (AvgIpc) is 3.00. The van der Waals surface area contributed by atoms with E-state index >= 15 is 0 Å². The summed E-state index contributed by atoms with van der Waals surface area (Å²) >= 11 is 0. The molecule has 0 unspecified atom stereocenters. The van der Waals surface area contributed by atoms with Crippen LogP contribution in [0.15, 0.2) is 60.9 Å². The standard InChI is InChI=1S/C21H18N2O/c1-13-6-7-14(2)18(8-13)20-12-23-21-19(20)10-16(11-22-21)15-4-3-5-17(24)9-15/h3-12,24H,1-2H3,(H,22,23). The van der Waals surface area contributed by atoms with Gasteiger partial charge in [-0.05, 0) is 48.7 Å². The van der Waals surface area contributed by atoms with Crippen molar-refractivity contribution < 1.29 is 5.11 Å². The van der Waals surface area contributed by atoms with Crippen LogP contribution in [0.5, 0.6) is 5.75 Å². The molecule has 0 aliphatic rings. The normalized spacial score (nSPS) is 11.1. The van der Waals surface area contributed by atoms with E-state index in [4.69, 9.17) is 0 Å². The molecule has 4 aromatic rings. The predicted molar refractivity (Wildman–Crippen MR) is 98.1 cm³/mol. The molecule has 0 bridgehead atoms. The minimum Gasteiger partial charge on any atom is -0.508 e. The number of benzene rings is 2. The Labute approximate surface area is 140 Å². The third kappa shape index (κ3) is 2.44. The molecule has 0 amide bonds. The number of nitrogens with zero attached hydrogens (tertiary/aromatic N) is 1. The van der Waals surface area contributed by atoms with Crippen LogP contribution in [0.1, 0.15) is 11.1 Å². The lowest BCUT2D eigenvalue weighted by atomic mass is 9.97. The predicted octanol–water partition coefficient (Wildman–Crippen LogP) is 5.22. The maximum Gasteiger partial charge on any atom is 0.137 e. The van der Waals surface area contributed by atoms with Crippen molar-refractivity contribution in [2.24, 2.45) is 0 Å². The van der Waals surface area contributed by atoms with Gasteiger partial charge in [0.1, 0.15) is 11.4 Å². The zero-order valence-corrected chi connectivity index (χ0v) is 13.7. The van der Waals surface area contributed by atoms with Gasteiger partial charge in [-0.25, -0.2) is 4.98 Å². The Morgan fingerprint density at radius 3 is 2.62 bits per heavy atom. The number of rotatable bonds is 2. The molecular weight excluding hydrogens is 296 g/mol. The molecule has 0 aliphatic carbocycles. The van der Waals surface area contributed by atoms with Crippen molar-refractivity contribution in [2.75, 3.05) is 0 Å². The van der Waals surface area contributed by atoms with Gasteiger partial charge in [0.2, 0.25) is 0 Å². The highest BCUT2D eigenvalue weighted by atomic mass is 16.3. The van der Waals surface area contributed by atoms with Crippen molar-refractivity contribution in [3.63, 3.8) is 0 Å². The Morgan fingerprint density at radius 1 is 0.917 bits per heavy atom. The van der Waals surface area contributed by atoms with Crippen molar-refractivity contribution in [3.05, 3.63) is 72.1 Å². The highest BCUT2D eigenvalue weighted by Crippen LogP contribution is 2.33. The van der Waals surface area contributed by atoms with E-state index in [1.165, 1.54) is 16.7 Å². The number of aromatic amines is 1. The largest absolute Gasteiger partial charge is 0.508 e. The van der Waals surface area contributed by atoms with Crippen LogP contribution in [0.3, 0.4) is 0 Å². The molecule has 2 aromatic carbocycles. The van der Waals surface area contributed by atoms with E-state index in [2.05, 4.69) is 48.1 Å². The summed E-state index contributed by atoms with van der Waals surface area (Å²) in [7, 11) is 0. The van der Waals surface area contributed by atoms with Crippen LogP contribution >= 0.6 is 0 Å². The van der Waals surface area contributed by atoms with Gasteiger partial charge in [-0.1, -0.05) is 35.9 Å². The monoisotopic (exact) mass is 314 g/mol. The lowest BCUT2D eigenvalue weighted by Gasteiger charge is -2.07. The summed E-state index contributed by atoms with van der Waals surface area (Å²) in [4.78, 5) is 7.81. The van der Waals surface area contributed by atoms with Gasteiger partial charge in [-0.15, -0.1) is 0 Å². The first-order valence-corrected chi connectivity index (χ1v) is 7.96. The van der Waals surface area contributed by atoms with Gasteiger partial charge >= 0.3 is 0 Å². The van der Waals surface area contributed by atoms with Crippen LogP contribution in [-0.2, 0) is 0 Å². The Bertz CT molecular complexity index is 1050. The van der Waals surface area contributed by atoms with E-state index < -0.39 is 0 Å². The van der Waals surface area contributed by atoms with Gasteiger partial charge in [-0.3, -0.25) is 0 Å². The van der Waals surface area contributed by atoms with Crippen LogP contribution in [0.4, 0.5) is 0 Å². The van der Waals surface area contributed by atoms with Gasteiger partial charge < -0.3 is 10.1 Å². The summed E-state index contributed by atoms with van der Waals surface area (Å²) in [6.45, 7) is 4.23. The smallest absolute Gasteiger partial charge is 0.137 e. The van der Waals surface area contributed by atoms with E-state index in [1.54, 1.807) is 12.1 Å². The van der Waals surface area contributed by atoms with Gasteiger partial charge in [0.15, 0.2) is 0 Å². The lowest BCUT2D eigenvalue weighted by Crippen LogP contribution is -1.85. The molecule has 0 fully saturated rings. The van der Waals surface area contributed by atoms with Crippen molar-refractivity contribution in [3.8, 4) is 28.0 Å². The molecule has 4 rings (SSSR count). The number of phenols is 1. The Kier molecular flexibility index (Phi) is 3.35. The molecule has 24 heavy (non-hydrogen) atoms. The van der Waals surface area contributed by atoms with Crippen LogP contribution in [-0.4, -0.2) is 15.1 Å². The molecule has 0 spiro atoms. The molecule has 0 saturated heterocycles. The summed E-state index contributed by atoms with van der Waals surface area (Å²) in [5, 5.41) is 10.8. The Morgan fingerprint density at radius 2 is 1.79 bits per heavy atom. The van der Waals surface area contributed by atoms with Gasteiger partial charge in [0.05, 0.1) is 0 Å². The number of pyridine rings is 1. The molecule has 0 saturated carbocycles. The minimum atomic E-state index is 0.261. The molecular formula is C21H18N2O. The fourth-order valence-corrected chi connectivity index (χ4v) is 3.10. The lowest BCUT2D eigenvalue weighted by molar-refractivity contribution is 0.475. The summed E-state index contributed by atoms with van der Waals surface area (Å²) in [5.74, 6) is 0.261. The number of fused-ring (bicyclic) bond motifs is 1. The molecule has 0 radical (unpaired) electrons. The first kappa shape index (κ1) is 14.5. The quantitative estimate of drug-likeness (QED) is 0.533. The molecule has 0 aliphatic heterocycles. The SMILES string of the molecule is Cc1ccc(C)c(-c2c[nH]c3ncc(-c4cccc(O)c4)cc23)c1. The number of aryl methyl sites for hydroxylation is 2. The molecule has 3 heteroatoms. The average molecular weight is 314 g/mol. The first-order chi connectivity index (χ1) is 11.6. The molecule has 2 aromatic heterocycles. The number of hydrogen-bond donors (Lipinski definition) is 2. The Hall–Kier alpha value is -3.07.